The predicted octanol–water partition coefficient (Wildman–Crippen LogP) is 2.60. The Balaban J connectivity index is -0.0000000483. The van der Waals surface area contributed by atoms with Crippen LogP contribution in [0.25, 0.3) is 0 Å². The molecule has 0 radical (unpaired) electrons. The maximum atomic E-state index is 10.4. The monoisotopic (exact) mass is 608 g/mol. The number of thiocarbonyl (C=S) groups is 1. The lowest BCUT2D eigenvalue weighted by atomic mass is 10.3. The maximum absolute atomic E-state index is 10.4. The second-order valence-electron chi connectivity index (χ2n) is 5.61. The van der Waals surface area contributed by atoms with E-state index in [0.29, 0.717) is 17.3 Å². The van der Waals surface area contributed by atoms with E-state index in [1.54, 1.807) is 32.8 Å². The number of nitrogens with zero attached hydrogens (tertiary/aromatic N) is 1. The molecule has 9 N–H and O–H groups in total. The number of nitrogens with one attached hydrogen (secondary N) is 3. The topological polar surface area (TPSA) is 209 Å². The molecule has 0 aliphatic carbocycles. The molecule has 0 aliphatic heterocycles. The van der Waals surface area contributed by atoms with Gasteiger partial charge < -0.3 is 37.1 Å². The summed E-state index contributed by atoms with van der Waals surface area (Å²) in [5.74, 6) is 1.24. The van der Waals surface area contributed by atoms with Gasteiger partial charge in [0.2, 0.25) is 5.91 Å². The van der Waals surface area contributed by atoms with Gasteiger partial charge in [-0.05, 0) is 58.1 Å². The number of ketones is 1. The van der Waals surface area contributed by atoms with E-state index in [2.05, 4.69) is 45.3 Å². The number of aliphatic carboxylic acids is 2. The zero-order valence-corrected chi connectivity index (χ0v) is 28.0. The summed E-state index contributed by atoms with van der Waals surface area (Å²) in [6, 6.07) is 0. The smallest absolute Gasteiger partial charge is 0.300 e. The van der Waals surface area contributed by atoms with Gasteiger partial charge in [-0.25, -0.2) is 0 Å². The van der Waals surface area contributed by atoms with Crippen molar-refractivity contribution in [2.45, 2.75) is 68.2 Å². The molecule has 38 heavy (non-hydrogen) atoms. The molecular weight excluding hydrogens is 552 g/mol. The van der Waals surface area contributed by atoms with Crippen molar-refractivity contribution < 1.29 is 29.4 Å². The summed E-state index contributed by atoms with van der Waals surface area (Å²) in [5, 5.41) is 24.7. The number of carbonyl (C=O) groups is 4. The zero-order valence-electron chi connectivity index (χ0n) is 25.4. The SMILES string of the molecule is CC(=O)O.CC(=O)O.CC/C(C)=N\NC(=S)NC.CCC(C)=O.CCS.CCSCC(=O)NC.CN.CN. The van der Waals surface area contributed by atoms with Crippen LogP contribution in [0.4, 0.5) is 0 Å². The fourth-order valence-corrected chi connectivity index (χ4v) is 1.13. The summed E-state index contributed by atoms with van der Waals surface area (Å²) < 4.78 is 0. The molecule has 0 saturated heterocycles. The first-order valence-corrected chi connectivity index (χ1v) is 13.8. The van der Waals surface area contributed by atoms with E-state index < -0.39 is 11.9 Å². The van der Waals surface area contributed by atoms with Crippen molar-refractivity contribution in [1.82, 2.24) is 16.1 Å². The normalized spacial score (nSPS) is 7.82. The molecule has 0 saturated carbocycles. The van der Waals surface area contributed by atoms with Crippen molar-refractivity contribution in [3.63, 3.8) is 0 Å². The Morgan fingerprint density at radius 2 is 1.16 bits per heavy atom. The third-order valence-electron chi connectivity index (χ3n) is 2.30. The highest BCUT2D eigenvalue weighted by atomic mass is 32.2. The minimum absolute atomic E-state index is 0.108. The van der Waals surface area contributed by atoms with Crippen LogP contribution < -0.4 is 27.5 Å². The molecule has 0 aliphatic rings. The molecular formula is C23H56N6O6S3. The minimum atomic E-state index is -0.833. The van der Waals surface area contributed by atoms with Gasteiger partial charge in [0.15, 0.2) is 5.11 Å². The second kappa shape index (κ2) is 59.9. The van der Waals surface area contributed by atoms with E-state index in [1.165, 1.54) is 14.1 Å². The fraction of sp³-hybridized carbons (Fsp3) is 0.739. The Bertz CT molecular complexity index is 536. The van der Waals surface area contributed by atoms with Gasteiger partial charge in [-0.15, -0.1) is 0 Å². The van der Waals surface area contributed by atoms with Gasteiger partial charge >= 0.3 is 0 Å². The van der Waals surface area contributed by atoms with Crippen LogP contribution >= 0.6 is 36.6 Å². The van der Waals surface area contributed by atoms with Gasteiger partial charge in [0.1, 0.15) is 5.78 Å². The van der Waals surface area contributed by atoms with Crippen molar-refractivity contribution >= 4 is 71.1 Å². The first-order valence-electron chi connectivity index (χ1n) is 11.6. The van der Waals surface area contributed by atoms with Crippen LogP contribution in [0, 0.1) is 0 Å². The molecule has 0 spiro atoms. The maximum Gasteiger partial charge on any atom is 0.300 e. The van der Waals surface area contributed by atoms with Crippen molar-refractivity contribution in [1.29, 1.82) is 0 Å². The lowest BCUT2D eigenvalue weighted by Gasteiger charge is -2.00. The van der Waals surface area contributed by atoms with E-state index in [9.17, 15) is 9.59 Å². The van der Waals surface area contributed by atoms with E-state index in [1.807, 2.05) is 34.6 Å². The number of hydrogen-bond donors (Lipinski definition) is 8. The Hall–Kier alpha value is -1.94. The van der Waals surface area contributed by atoms with Crippen LogP contribution in [-0.2, 0) is 19.2 Å². The molecule has 0 aromatic carbocycles. The van der Waals surface area contributed by atoms with E-state index >= 15 is 0 Å². The van der Waals surface area contributed by atoms with Gasteiger partial charge in [-0.3, -0.25) is 19.8 Å². The number of hydrazone groups is 1. The van der Waals surface area contributed by atoms with Gasteiger partial charge in [0, 0.05) is 40.1 Å². The summed E-state index contributed by atoms with van der Waals surface area (Å²) in [6.45, 7) is 13.6. The largest absolute Gasteiger partial charge is 0.481 e. The van der Waals surface area contributed by atoms with Gasteiger partial charge in [-0.1, -0.05) is 27.7 Å². The highest BCUT2D eigenvalue weighted by molar-refractivity contribution is 7.99. The van der Waals surface area contributed by atoms with Crippen LogP contribution in [-0.4, -0.2) is 90.1 Å². The number of Topliss-reactive ketones (excluding diaryl/α,β-unsaturated/α-hetero) is 1. The first kappa shape index (κ1) is 56.3. The predicted molar refractivity (Wildman–Crippen MR) is 173 cm³/mol. The Morgan fingerprint density at radius 1 is 0.842 bits per heavy atom. The molecule has 1 amide bonds. The van der Waals surface area contributed by atoms with E-state index in [0.717, 1.165) is 37.5 Å². The number of nitrogens with two attached hydrogens (primary N) is 2. The average Bonchev–Trinajstić information content (AvgIpc) is 2.88. The van der Waals surface area contributed by atoms with Crippen LogP contribution in [0.15, 0.2) is 5.10 Å². The van der Waals surface area contributed by atoms with Crippen molar-refractivity contribution in [3.8, 4) is 0 Å². The van der Waals surface area contributed by atoms with Crippen molar-refractivity contribution in [3.05, 3.63) is 0 Å². The molecule has 0 unspecified atom stereocenters. The van der Waals surface area contributed by atoms with Crippen molar-refractivity contribution in [2.75, 3.05) is 45.4 Å². The summed E-state index contributed by atoms with van der Waals surface area (Å²) in [5.41, 5.74) is 12.7. The number of carboxylic acids is 2. The number of amides is 1. The Labute approximate surface area is 246 Å². The van der Waals surface area contributed by atoms with Crippen LogP contribution in [0.5, 0.6) is 0 Å². The molecule has 0 aromatic rings. The third-order valence-corrected chi connectivity index (χ3v) is 3.47. The molecule has 232 valence electrons. The number of rotatable bonds is 6. The minimum Gasteiger partial charge on any atom is -0.481 e. The van der Waals surface area contributed by atoms with Crippen LogP contribution in [0.2, 0.25) is 0 Å². The molecule has 0 fully saturated rings. The summed E-state index contributed by atoms with van der Waals surface area (Å²) in [4.78, 5) is 38.3. The number of carboxylic acid groups (broad SMARTS) is 2. The highest BCUT2D eigenvalue weighted by Crippen LogP contribution is 1.95. The number of carbonyl (C=O) groups excluding carboxylic acids is 2. The second-order valence-corrected chi connectivity index (χ2v) is 7.93. The van der Waals surface area contributed by atoms with Gasteiger partial charge in [0.05, 0.1) is 5.75 Å². The third kappa shape index (κ3) is 164. The zero-order chi connectivity index (χ0) is 32.5. The molecule has 12 nitrogen and oxygen atoms in total. The number of hydrogen-bond acceptors (Lipinski definition) is 10. The fourth-order valence-electron chi connectivity index (χ4n) is 0.548. The summed E-state index contributed by atoms with van der Waals surface area (Å²) in [7, 11) is 6.41. The van der Waals surface area contributed by atoms with E-state index in [-0.39, 0.29) is 11.7 Å². The van der Waals surface area contributed by atoms with Crippen molar-refractivity contribution in [2.24, 2.45) is 16.6 Å². The quantitative estimate of drug-likeness (QED) is 0.0947. The van der Waals surface area contributed by atoms with Gasteiger partial charge in [-0.2, -0.15) is 29.5 Å². The Morgan fingerprint density at radius 3 is 1.34 bits per heavy atom. The summed E-state index contributed by atoms with van der Waals surface area (Å²) >= 11 is 10.2. The van der Waals surface area contributed by atoms with Crippen LogP contribution in [0.1, 0.15) is 68.2 Å². The highest BCUT2D eigenvalue weighted by Gasteiger charge is 1.93. The standard InChI is InChI=1S/C6H13N3S.C5H11NOS.C4H8O.2C2H4O2.C2H6S.2CH5N/c1-4-5(2)8-9-6(10)7-3;1-3-8-4-5(7)6-2;1-3-4(2)5;2*1-2(3)4;1-2-3;2*1-2/h4H2,1-3H3,(H2,7,9,10);3-4H2,1-2H3,(H,6,7);3H2,1-2H3;2*1H3,(H,3,4);3H,2H2,1H3;2*2H2,1H3/b8-5-;;;;;;;. The number of thioether (sulfide) groups is 1. The number of thiol groups is 1. The lowest BCUT2D eigenvalue weighted by molar-refractivity contribution is -0.135. The Kier molecular flexibility index (Phi) is 88.7. The summed E-state index contributed by atoms with van der Waals surface area (Å²) in [6.07, 6.45) is 1.61. The molecule has 0 heterocycles. The van der Waals surface area contributed by atoms with Gasteiger partial charge in [0.25, 0.3) is 11.9 Å². The lowest BCUT2D eigenvalue weighted by Crippen LogP contribution is -2.29. The van der Waals surface area contributed by atoms with Crippen LogP contribution in [0.3, 0.4) is 0 Å². The molecule has 0 aromatic heterocycles. The molecule has 0 rings (SSSR count). The average molecular weight is 609 g/mol. The van der Waals surface area contributed by atoms with E-state index in [4.69, 9.17) is 32.0 Å². The molecule has 15 heteroatoms. The first-order chi connectivity index (χ1) is 17.7. The molecule has 0 bridgehead atoms. The molecule has 0 atom stereocenters.